The fourth-order valence-corrected chi connectivity index (χ4v) is 6.05. The Kier molecular flexibility index (Phi) is 2.93. The Labute approximate surface area is 119 Å². The summed E-state index contributed by atoms with van der Waals surface area (Å²) in [4.78, 5) is 0. The van der Waals surface area contributed by atoms with Gasteiger partial charge in [-0.05, 0) is 60.2 Å². The van der Waals surface area contributed by atoms with E-state index in [1.165, 1.54) is 32.1 Å². The van der Waals surface area contributed by atoms with Crippen LogP contribution in [0.2, 0.25) is 0 Å². The Balaban J connectivity index is 1.77. The number of hydrogen-bond acceptors (Lipinski definition) is 1. The minimum atomic E-state index is 0.499. The lowest BCUT2D eigenvalue weighted by Gasteiger charge is -2.45. The van der Waals surface area contributed by atoms with Crippen LogP contribution in [0.25, 0.3) is 0 Å². The second kappa shape index (κ2) is 4.00. The van der Waals surface area contributed by atoms with E-state index >= 15 is 0 Å². The summed E-state index contributed by atoms with van der Waals surface area (Å²) in [6.45, 7) is 14.9. The average molecular weight is 263 g/mol. The van der Waals surface area contributed by atoms with Crippen molar-refractivity contribution in [2.75, 3.05) is 0 Å². The van der Waals surface area contributed by atoms with Gasteiger partial charge in [0.15, 0.2) is 0 Å². The highest BCUT2D eigenvalue weighted by atomic mass is 15.0. The summed E-state index contributed by atoms with van der Waals surface area (Å²) < 4.78 is 0. The van der Waals surface area contributed by atoms with Crippen molar-refractivity contribution in [2.24, 2.45) is 28.1 Å². The van der Waals surface area contributed by atoms with Crippen LogP contribution < -0.4 is 5.32 Å². The molecule has 1 nitrogen and oxygen atoms in total. The van der Waals surface area contributed by atoms with Crippen LogP contribution in [0.4, 0.5) is 0 Å². The Morgan fingerprint density at radius 1 is 0.947 bits per heavy atom. The molecule has 0 aliphatic heterocycles. The van der Waals surface area contributed by atoms with Crippen LogP contribution in [-0.2, 0) is 0 Å². The second-order valence-electron chi connectivity index (χ2n) is 9.67. The van der Waals surface area contributed by atoms with Crippen molar-refractivity contribution in [1.29, 1.82) is 0 Å². The molecule has 0 saturated heterocycles. The second-order valence-corrected chi connectivity index (χ2v) is 9.67. The summed E-state index contributed by atoms with van der Waals surface area (Å²) in [5.74, 6) is 1.80. The van der Waals surface area contributed by atoms with E-state index in [2.05, 4.69) is 46.9 Å². The van der Waals surface area contributed by atoms with Gasteiger partial charge in [-0.1, -0.05) is 41.5 Å². The summed E-state index contributed by atoms with van der Waals surface area (Å²) in [6, 6.07) is 1.48. The van der Waals surface area contributed by atoms with Crippen molar-refractivity contribution in [3.8, 4) is 0 Å². The van der Waals surface area contributed by atoms with E-state index in [4.69, 9.17) is 0 Å². The minimum absolute atomic E-state index is 0.499. The number of hydrogen-bond donors (Lipinski definition) is 1. The fourth-order valence-electron chi connectivity index (χ4n) is 6.05. The molecule has 5 atom stereocenters. The van der Waals surface area contributed by atoms with Gasteiger partial charge in [-0.3, -0.25) is 0 Å². The summed E-state index contributed by atoms with van der Waals surface area (Å²) in [5, 5.41) is 4.15. The average Bonchev–Trinajstić information content (AvgIpc) is 2.81. The molecule has 3 saturated carbocycles. The molecule has 1 N–H and O–H groups in total. The van der Waals surface area contributed by atoms with Crippen molar-refractivity contribution in [3.63, 3.8) is 0 Å². The van der Waals surface area contributed by atoms with Crippen LogP contribution in [0.15, 0.2) is 0 Å². The van der Waals surface area contributed by atoms with Gasteiger partial charge >= 0.3 is 0 Å². The third kappa shape index (κ3) is 2.07. The largest absolute Gasteiger partial charge is 0.310 e. The molecule has 110 valence electrons. The molecule has 0 spiro atoms. The monoisotopic (exact) mass is 263 g/mol. The lowest BCUT2D eigenvalue weighted by molar-refractivity contribution is 0.0930. The van der Waals surface area contributed by atoms with E-state index in [0.29, 0.717) is 16.2 Å². The molecular weight excluding hydrogens is 230 g/mol. The molecule has 0 aromatic rings. The molecule has 0 heterocycles. The van der Waals surface area contributed by atoms with E-state index in [0.717, 1.165) is 23.9 Å². The third-order valence-electron chi connectivity index (χ3n) is 6.98. The molecule has 19 heavy (non-hydrogen) atoms. The molecule has 0 aromatic heterocycles. The standard InChI is InChI=1S/C18H33N/c1-12-9-16(2,3)11-14(12)19-15-17(4,5)13-7-8-18(15,6)10-13/h12-15,19H,7-11H2,1-6H3. The van der Waals surface area contributed by atoms with Crippen LogP contribution >= 0.6 is 0 Å². The fraction of sp³-hybridized carbons (Fsp3) is 1.00. The van der Waals surface area contributed by atoms with Gasteiger partial charge in [0.1, 0.15) is 0 Å². The van der Waals surface area contributed by atoms with Gasteiger partial charge in [-0.2, -0.15) is 0 Å². The topological polar surface area (TPSA) is 12.0 Å². The van der Waals surface area contributed by atoms with Gasteiger partial charge in [0, 0.05) is 12.1 Å². The van der Waals surface area contributed by atoms with Crippen molar-refractivity contribution < 1.29 is 0 Å². The highest BCUT2D eigenvalue weighted by Gasteiger charge is 2.59. The van der Waals surface area contributed by atoms with Gasteiger partial charge in [-0.15, -0.1) is 0 Å². The molecule has 3 aliphatic rings. The zero-order valence-electron chi connectivity index (χ0n) is 13.8. The molecule has 0 amide bonds. The predicted octanol–water partition coefficient (Wildman–Crippen LogP) is 4.62. The zero-order valence-corrected chi connectivity index (χ0v) is 13.8. The first-order valence-corrected chi connectivity index (χ1v) is 8.40. The maximum absolute atomic E-state index is 4.15. The van der Waals surface area contributed by atoms with Gasteiger partial charge in [0.2, 0.25) is 0 Å². The van der Waals surface area contributed by atoms with Crippen molar-refractivity contribution in [2.45, 2.75) is 85.7 Å². The van der Waals surface area contributed by atoms with Gasteiger partial charge < -0.3 is 5.32 Å². The van der Waals surface area contributed by atoms with Gasteiger partial charge in [0.05, 0.1) is 0 Å². The van der Waals surface area contributed by atoms with E-state index in [9.17, 15) is 0 Å². The third-order valence-corrected chi connectivity index (χ3v) is 6.98. The molecule has 3 aliphatic carbocycles. The number of fused-ring (bicyclic) bond motifs is 2. The normalized spacial score (nSPS) is 50.8. The number of nitrogens with one attached hydrogen (secondary N) is 1. The van der Waals surface area contributed by atoms with Crippen molar-refractivity contribution >= 4 is 0 Å². The highest BCUT2D eigenvalue weighted by Crippen LogP contribution is 2.62. The Bertz CT molecular complexity index is 365. The summed E-state index contributed by atoms with van der Waals surface area (Å²) in [6.07, 6.45) is 7.12. The molecule has 2 bridgehead atoms. The first-order chi connectivity index (χ1) is 8.64. The first kappa shape index (κ1) is 13.9. The molecule has 1 heteroatoms. The Morgan fingerprint density at radius 3 is 2.11 bits per heavy atom. The SMILES string of the molecule is CC1CC(C)(C)CC1NC1C2(C)CCC(C2)C1(C)C. The van der Waals surface area contributed by atoms with E-state index in [1.54, 1.807) is 0 Å². The number of rotatable bonds is 2. The molecular formula is C18H33N. The van der Waals surface area contributed by atoms with E-state index < -0.39 is 0 Å². The molecule has 3 fully saturated rings. The van der Waals surface area contributed by atoms with Crippen LogP contribution in [0.5, 0.6) is 0 Å². The Morgan fingerprint density at radius 2 is 1.63 bits per heavy atom. The molecule has 0 radical (unpaired) electrons. The Hall–Kier alpha value is -0.0400. The van der Waals surface area contributed by atoms with Gasteiger partial charge in [0.25, 0.3) is 0 Å². The van der Waals surface area contributed by atoms with Crippen molar-refractivity contribution in [3.05, 3.63) is 0 Å². The lowest BCUT2D eigenvalue weighted by Crippen LogP contribution is -2.54. The lowest BCUT2D eigenvalue weighted by atomic mass is 9.68. The summed E-state index contributed by atoms with van der Waals surface area (Å²) >= 11 is 0. The first-order valence-electron chi connectivity index (χ1n) is 8.40. The van der Waals surface area contributed by atoms with E-state index in [1.807, 2.05) is 0 Å². The zero-order chi connectivity index (χ0) is 14.1. The summed E-state index contributed by atoms with van der Waals surface area (Å²) in [7, 11) is 0. The maximum Gasteiger partial charge on any atom is 0.0177 e. The smallest absolute Gasteiger partial charge is 0.0177 e. The highest BCUT2D eigenvalue weighted by molar-refractivity contribution is 5.13. The molecule has 0 aromatic carbocycles. The maximum atomic E-state index is 4.15. The van der Waals surface area contributed by atoms with Crippen molar-refractivity contribution in [1.82, 2.24) is 5.32 Å². The van der Waals surface area contributed by atoms with Crippen LogP contribution in [0.3, 0.4) is 0 Å². The van der Waals surface area contributed by atoms with Crippen LogP contribution in [0.1, 0.15) is 73.6 Å². The quantitative estimate of drug-likeness (QED) is 0.767. The summed E-state index contributed by atoms with van der Waals surface area (Å²) in [5.41, 5.74) is 1.61. The molecule has 5 unspecified atom stereocenters. The molecule has 3 rings (SSSR count). The predicted molar refractivity (Wildman–Crippen MR) is 82.1 cm³/mol. The minimum Gasteiger partial charge on any atom is -0.310 e. The van der Waals surface area contributed by atoms with Crippen LogP contribution in [0, 0.1) is 28.1 Å². The van der Waals surface area contributed by atoms with Crippen LogP contribution in [-0.4, -0.2) is 12.1 Å². The van der Waals surface area contributed by atoms with E-state index in [-0.39, 0.29) is 0 Å². The van der Waals surface area contributed by atoms with Gasteiger partial charge in [-0.25, -0.2) is 0 Å².